The van der Waals surface area contributed by atoms with Gasteiger partial charge in [-0.25, -0.2) is 9.18 Å². The molecule has 0 heterocycles. The van der Waals surface area contributed by atoms with Gasteiger partial charge in [-0.1, -0.05) is 0 Å². The average molecular weight is 281 g/mol. The number of hydrogen-bond donors (Lipinski definition) is 1. The van der Waals surface area contributed by atoms with Crippen LogP contribution in [0.3, 0.4) is 0 Å². The van der Waals surface area contributed by atoms with E-state index in [9.17, 15) is 14.0 Å². The summed E-state index contributed by atoms with van der Waals surface area (Å²) in [5.74, 6) is -1.79. The summed E-state index contributed by atoms with van der Waals surface area (Å²) >= 11 is 0. The Hall–Kier alpha value is -2.37. The van der Waals surface area contributed by atoms with Crippen molar-refractivity contribution >= 4 is 18.0 Å². The third kappa shape index (κ3) is 4.72. The second kappa shape index (κ2) is 6.70. The number of halogens is 1. The third-order valence-electron chi connectivity index (χ3n) is 2.41. The van der Waals surface area contributed by atoms with Gasteiger partial charge in [0.2, 0.25) is 0 Å². The van der Waals surface area contributed by atoms with Gasteiger partial charge in [0.25, 0.3) is 5.91 Å². The van der Waals surface area contributed by atoms with Gasteiger partial charge in [0, 0.05) is 26.2 Å². The lowest BCUT2D eigenvalue weighted by molar-refractivity contribution is -0.135. The minimum absolute atomic E-state index is 0.165. The van der Waals surface area contributed by atoms with Crippen LogP contribution in [0.2, 0.25) is 0 Å². The summed E-state index contributed by atoms with van der Waals surface area (Å²) in [6, 6.07) is 3.77. The molecule has 5 nitrogen and oxygen atoms in total. The highest BCUT2D eigenvalue weighted by molar-refractivity contribution is 5.85. The highest BCUT2D eigenvalue weighted by atomic mass is 19.1. The monoisotopic (exact) mass is 281 g/mol. The lowest BCUT2D eigenvalue weighted by atomic mass is 10.2. The fraction of sp³-hybridized carbons (Fsp3) is 0.286. The first-order chi connectivity index (χ1) is 9.29. The Morgan fingerprint density at radius 1 is 1.35 bits per heavy atom. The summed E-state index contributed by atoms with van der Waals surface area (Å²) in [5.41, 5.74) is 0.340. The van der Waals surface area contributed by atoms with E-state index in [1.807, 2.05) is 0 Å². The molecule has 1 unspecified atom stereocenters. The number of likely N-dealkylation sites (N-methyl/N-ethyl adjacent to an activating group) is 1. The number of nitrogens with zero attached hydrogens (tertiary/aromatic N) is 1. The fourth-order valence-corrected chi connectivity index (χ4v) is 1.53. The maximum absolute atomic E-state index is 13.4. The van der Waals surface area contributed by atoms with E-state index in [1.165, 1.54) is 23.1 Å². The summed E-state index contributed by atoms with van der Waals surface area (Å²) in [6.45, 7) is 1.56. The first-order valence-electron chi connectivity index (χ1n) is 5.89. The van der Waals surface area contributed by atoms with Crippen LogP contribution < -0.4 is 4.74 Å². The Kier molecular flexibility index (Phi) is 5.25. The van der Waals surface area contributed by atoms with Crippen molar-refractivity contribution in [3.05, 3.63) is 35.7 Å². The molecule has 0 aliphatic rings. The largest absolute Gasteiger partial charge is 0.481 e. The van der Waals surface area contributed by atoms with Gasteiger partial charge in [-0.3, -0.25) is 4.79 Å². The van der Waals surface area contributed by atoms with Crippen LogP contribution in [-0.2, 0) is 9.59 Å². The Labute approximate surface area is 116 Å². The van der Waals surface area contributed by atoms with Crippen molar-refractivity contribution < 1.29 is 23.8 Å². The second-order valence-electron chi connectivity index (χ2n) is 4.38. The standard InChI is InChI=1S/C14H16FNO4/c1-9(14(19)16(2)3)20-12-7-10(4-5-13(17)18)6-11(15)8-12/h4-9H,1-3H3,(H,17,18)/b5-4+. The van der Waals surface area contributed by atoms with Crippen molar-refractivity contribution in [3.8, 4) is 5.75 Å². The van der Waals surface area contributed by atoms with Gasteiger partial charge in [0.15, 0.2) is 6.10 Å². The number of carboxylic acid groups (broad SMARTS) is 1. The molecule has 108 valence electrons. The van der Waals surface area contributed by atoms with Gasteiger partial charge in [-0.2, -0.15) is 0 Å². The summed E-state index contributed by atoms with van der Waals surface area (Å²) in [6.07, 6.45) is 1.38. The Bertz CT molecular complexity index is 540. The van der Waals surface area contributed by atoms with Gasteiger partial charge in [0.05, 0.1) is 0 Å². The van der Waals surface area contributed by atoms with Crippen LogP contribution in [0.15, 0.2) is 24.3 Å². The number of carbonyl (C=O) groups excluding carboxylic acids is 1. The number of ether oxygens (including phenoxy) is 1. The molecule has 1 aromatic rings. The minimum atomic E-state index is -1.13. The summed E-state index contributed by atoms with van der Waals surface area (Å²) < 4.78 is 18.8. The molecule has 0 fully saturated rings. The number of carbonyl (C=O) groups is 2. The SMILES string of the molecule is CC(Oc1cc(F)cc(/C=C/C(=O)O)c1)C(=O)N(C)C. The van der Waals surface area contributed by atoms with E-state index in [0.717, 1.165) is 12.1 Å². The second-order valence-corrected chi connectivity index (χ2v) is 4.38. The molecule has 0 saturated carbocycles. The highest BCUT2D eigenvalue weighted by Crippen LogP contribution is 2.19. The van der Waals surface area contributed by atoms with Crippen molar-refractivity contribution in [1.29, 1.82) is 0 Å². The number of amides is 1. The molecule has 6 heteroatoms. The molecule has 0 radical (unpaired) electrons. The molecule has 1 aromatic carbocycles. The number of rotatable bonds is 5. The molecule has 0 spiro atoms. The van der Waals surface area contributed by atoms with E-state index in [-0.39, 0.29) is 11.7 Å². The van der Waals surface area contributed by atoms with Crippen LogP contribution in [0.1, 0.15) is 12.5 Å². The van der Waals surface area contributed by atoms with Crippen molar-refractivity contribution in [2.45, 2.75) is 13.0 Å². The average Bonchev–Trinajstić information content (AvgIpc) is 2.34. The molecule has 0 aromatic heterocycles. The van der Waals surface area contributed by atoms with Gasteiger partial charge in [0.1, 0.15) is 11.6 Å². The van der Waals surface area contributed by atoms with E-state index >= 15 is 0 Å². The number of hydrogen-bond acceptors (Lipinski definition) is 3. The van der Waals surface area contributed by atoms with E-state index in [0.29, 0.717) is 5.56 Å². The van der Waals surface area contributed by atoms with Crippen LogP contribution in [0.5, 0.6) is 5.75 Å². The Morgan fingerprint density at radius 2 is 2.00 bits per heavy atom. The van der Waals surface area contributed by atoms with Crippen LogP contribution in [0.4, 0.5) is 4.39 Å². The molecule has 1 atom stereocenters. The quantitative estimate of drug-likeness (QED) is 0.835. The number of carboxylic acids is 1. The molecule has 1 rings (SSSR count). The Morgan fingerprint density at radius 3 is 2.55 bits per heavy atom. The van der Waals surface area contributed by atoms with E-state index < -0.39 is 17.9 Å². The van der Waals surface area contributed by atoms with Gasteiger partial charge in [-0.15, -0.1) is 0 Å². The smallest absolute Gasteiger partial charge is 0.328 e. The van der Waals surface area contributed by atoms with Crippen LogP contribution in [-0.4, -0.2) is 42.1 Å². The summed E-state index contributed by atoms with van der Waals surface area (Å²) in [7, 11) is 3.18. The molecular formula is C14H16FNO4. The first kappa shape index (κ1) is 15.7. The molecule has 0 aliphatic carbocycles. The maximum atomic E-state index is 13.4. The van der Waals surface area contributed by atoms with Crippen molar-refractivity contribution in [2.75, 3.05) is 14.1 Å². The fourth-order valence-electron chi connectivity index (χ4n) is 1.53. The number of benzene rings is 1. The van der Waals surface area contributed by atoms with E-state index in [4.69, 9.17) is 9.84 Å². The van der Waals surface area contributed by atoms with Crippen LogP contribution in [0, 0.1) is 5.82 Å². The molecule has 0 bridgehead atoms. The molecule has 0 saturated heterocycles. The van der Waals surface area contributed by atoms with E-state index in [1.54, 1.807) is 21.0 Å². The molecule has 1 amide bonds. The normalized spacial score (nSPS) is 12.2. The van der Waals surface area contributed by atoms with Crippen molar-refractivity contribution in [1.82, 2.24) is 4.90 Å². The lowest BCUT2D eigenvalue weighted by Crippen LogP contribution is -2.35. The molecule has 0 aliphatic heterocycles. The van der Waals surface area contributed by atoms with Crippen LogP contribution >= 0.6 is 0 Å². The topological polar surface area (TPSA) is 66.8 Å². The Balaban J connectivity index is 2.91. The third-order valence-corrected chi connectivity index (χ3v) is 2.41. The highest BCUT2D eigenvalue weighted by Gasteiger charge is 2.16. The predicted octanol–water partition coefficient (Wildman–Crippen LogP) is 1.78. The maximum Gasteiger partial charge on any atom is 0.328 e. The summed E-state index contributed by atoms with van der Waals surface area (Å²) in [4.78, 5) is 23.4. The van der Waals surface area contributed by atoms with Gasteiger partial charge in [-0.05, 0) is 30.7 Å². The molecular weight excluding hydrogens is 265 g/mol. The van der Waals surface area contributed by atoms with E-state index in [2.05, 4.69) is 0 Å². The van der Waals surface area contributed by atoms with Gasteiger partial charge >= 0.3 is 5.97 Å². The van der Waals surface area contributed by atoms with Gasteiger partial charge < -0.3 is 14.7 Å². The lowest BCUT2D eigenvalue weighted by Gasteiger charge is -2.18. The van der Waals surface area contributed by atoms with Crippen molar-refractivity contribution in [2.24, 2.45) is 0 Å². The minimum Gasteiger partial charge on any atom is -0.481 e. The first-order valence-corrected chi connectivity index (χ1v) is 5.89. The molecule has 20 heavy (non-hydrogen) atoms. The zero-order valence-corrected chi connectivity index (χ0v) is 11.5. The zero-order valence-electron chi connectivity index (χ0n) is 11.5. The predicted molar refractivity (Wildman–Crippen MR) is 71.9 cm³/mol. The van der Waals surface area contributed by atoms with Crippen LogP contribution in [0.25, 0.3) is 6.08 Å². The zero-order chi connectivity index (χ0) is 15.3. The molecule has 1 N–H and O–H groups in total. The van der Waals surface area contributed by atoms with Crippen molar-refractivity contribution in [3.63, 3.8) is 0 Å². The summed E-state index contributed by atoms with van der Waals surface area (Å²) in [5, 5.41) is 8.53. The number of aliphatic carboxylic acids is 1.